The first-order valence-electron chi connectivity index (χ1n) is 6.83. The van der Waals surface area contributed by atoms with Crippen molar-refractivity contribution in [1.82, 2.24) is 14.7 Å². The Kier molecular flexibility index (Phi) is 3.62. The second kappa shape index (κ2) is 5.55. The second-order valence-electron chi connectivity index (χ2n) is 5.26. The Hall–Kier alpha value is -1.65. The molecule has 0 aliphatic carbocycles. The molecule has 1 aromatic heterocycles. The fraction of sp³-hybridized carbons (Fsp3) is 0.400. The summed E-state index contributed by atoms with van der Waals surface area (Å²) in [5.74, 6) is 0. The van der Waals surface area contributed by atoms with Crippen molar-refractivity contribution in [2.45, 2.75) is 25.6 Å². The molecule has 4 heteroatoms. The van der Waals surface area contributed by atoms with Gasteiger partial charge in [0.1, 0.15) is 0 Å². The Bertz CT molecular complexity index is 521. The predicted octanol–water partition coefficient (Wildman–Crippen LogP) is 1.46. The van der Waals surface area contributed by atoms with Crippen molar-refractivity contribution in [2.75, 3.05) is 13.1 Å². The molecular weight excluding hydrogens is 236 g/mol. The number of likely N-dealkylation sites (tertiary alicyclic amines) is 1. The Morgan fingerprint density at radius 3 is 2.58 bits per heavy atom. The van der Waals surface area contributed by atoms with Gasteiger partial charge in [0.2, 0.25) is 0 Å². The maximum Gasteiger partial charge on any atom is 0.0662 e. The summed E-state index contributed by atoms with van der Waals surface area (Å²) in [4.78, 5) is 2.44. The van der Waals surface area contributed by atoms with Gasteiger partial charge in [0.15, 0.2) is 0 Å². The molecule has 0 saturated carbocycles. The molecule has 2 heterocycles. The minimum Gasteiger partial charge on any atom is -0.326 e. The van der Waals surface area contributed by atoms with Crippen molar-refractivity contribution < 1.29 is 0 Å². The van der Waals surface area contributed by atoms with E-state index < -0.39 is 0 Å². The van der Waals surface area contributed by atoms with Crippen LogP contribution in [0.4, 0.5) is 0 Å². The van der Waals surface area contributed by atoms with Crippen molar-refractivity contribution >= 4 is 0 Å². The molecule has 0 radical (unpaired) electrons. The summed E-state index contributed by atoms with van der Waals surface area (Å²) in [5, 5.41) is 4.28. The highest BCUT2D eigenvalue weighted by molar-refractivity contribution is 5.27. The van der Waals surface area contributed by atoms with E-state index in [4.69, 9.17) is 5.73 Å². The average molecular weight is 256 g/mol. The molecule has 0 amide bonds. The minimum atomic E-state index is 0.346. The second-order valence-corrected chi connectivity index (χ2v) is 5.26. The lowest BCUT2D eigenvalue weighted by Gasteiger charge is -2.18. The average Bonchev–Trinajstić information content (AvgIpc) is 3.04. The van der Waals surface area contributed by atoms with Crippen LogP contribution >= 0.6 is 0 Å². The molecule has 3 rings (SSSR count). The third kappa shape index (κ3) is 3.03. The number of nitrogens with two attached hydrogens (primary N) is 1. The monoisotopic (exact) mass is 256 g/mol. The zero-order valence-corrected chi connectivity index (χ0v) is 11.1. The van der Waals surface area contributed by atoms with E-state index in [0.29, 0.717) is 6.04 Å². The van der Waals surface area contributed by atoms with E-state index in [9.17, 15) is 0 Å². The Morgan fingerprint density at radius 1 is 1.16 bits per heavy atom. The molecule has 1 aliphatic rings. The molecule has 0 unspecified atom stereocenters. The normalized spacial score (nSPS) is 19.9. The van der Waals surface area contributed by atoms with Gasteiger partial charge in [0, 0.05) is 38.1 Å². The fourth-order valence-corrected chi connectivity index (χ4v) is 2.68. The molecule has 19 heavy (non-hydrogen) atoms. The highest BCUT2D eigenvalue weighted by atomic mass is 15.3. The molecule has 0 spiro atoms. The van der Waals surface area contributed by atoms with Gasteiger partial charge in [-0.3, -0.25) is 9.58 Å². The molecular formula is C15H20N4. The predicted molar refractivity (Wildman–Crippen MR) is 75.6 cm³/mol. The van der Waals surface area contributed by atoms with Crippen molar-refractivity contribution in [2.24, 2.45) is 5.73 Å². The van der Waals surface area contributed by atoms with E-state index in [1.807, 2.05) is 23.1 Å². The van der Waals surface area contributed by atoms with Crippen molar-refractivity contribution in [1.29, 1.82) is 0 Å². The molecule has 100 valence electrons. The van der Waals surface area contributed by atoms with Gasteiger partial charge in [-0.25, -0.2) is 0 Å². The van der Waals surface area contributed by atoms with Gasteiger partial charge in [0.25, 0.3) is 0 Å². The van der Waals surface area contributed by atoms with Crippen LogP contribution in [0.3, 0.4) is 0 Å². The third-order valence-electron chi connectivity index (χ3n) is 3.71. The molecule has 2 aromatic rings. The smallest absolute Gasteiger partial charge is 0.0662 e. The van der Waals surface area contributed by atoms with Crippen molar-refractivity contribution in [3.63, 3.8) is 0 Å². The summed E-state index contributed by atoms with van der Waals surface area (Å²) in [6.07, 6.45) is 4.94. The van der Waals surface area contributed by atoms with Gasteiger partial charge in [-0.1, -0.05) is 24.3 Å². The maximum atomic E-state index is 5.97. The van der Waals surface area contributed by atoms with E-state index in [0.717, 1.165) is 32.6 Å². The lowest BCUT2D eigenvalue weighted by Crippen LogP contribution is -2.26. The van der Waals surface area contributed by atoms with Crippen LogP contribution in [0.5, 0.6) is 0 Å². The number of hydrogen-bond acceptors (Lipinski definition) is 3. The zero-order valence-electron chi connectivity index (χ0n) is 11.1. The third-order valence-corrected chi connectivity index (χ3v) is 3.71. The molecule has 2 N–H and O–H groups in total. The lowest BCUT2D eigenvalue weighted by atomic mass is 10.1. The van der Waals surface area contributed by atoms with Crippen LogP contribution in [-0.2, 0) is 13.1 Å². The molecule has 1 atom stereocenters. The standard InChI is InChI=1S/C15H20N4/c16-15-6-9-18(12-15)10-13-4-1-2-5-14(13)11-19-8-3-7-17-19/h1-5,7-8,15H,6,9-12,16H2/t15-/m0/s1. The Morgan fingerprint density at radius 2 is 1.95 bits per heavy atom. The summed E-state index contributed by atoms with van der Waals surface area (Å²) in [6.45, 7) is 3.95. The molecule has 1 aliphatic heterocycles. The van der Waals surface area contributed by atoms with Gasteiger partial charge >= 0.3 is 0 Å². The van der Waals surface area contributed by atoms with Gasteiger partial charge < -0.3 is 5.73 Å². The van der Waals surface area contributed by atoms with E-state index in [1.165, 1.54) is 11.1 Å². The first-order chi connectivity index (χ1) is 9.31. The number of benzene rings is 1. The van der Waals surface area contributed by atoms with Crippen LogP contribution in [-0.4, -0.2) is 33.8 Å². The number of aromatic nitrogens is 2. The van der Waals surface area contributed by atoms with E-state index >= 15 is 0 Å². The molecule has 0 bridgehead atoms. The van der Waals surface area contributed by atoms with Gasteiger partial charge in [-0.15, -0.1) is 0 Å². The van der Waals surface area contributed by atoms with Crippen LogP contribution in [0, 0.1) is 0 Å². The zero-order chi connectivity index (χ0) is 13.1. The minimum absolute atomic E-state index is 0.346. The number of hydrogen-bond donors (Lipinski definition) is 1. The van der Waals surface area contributed by atoms with E-state index in [1.54, 1.807) is 0 Å². The van der Waals surface area contributed by atoms with E-state index in [-0.39, 0.29) is 0 Å². The number of rotatable bonds is 4. The first-order valence-corrected chi connectivity index (χ1v) is 6.83. The number of nitrogens with zero attached hydrogens (tertiary/aromatic N) is 3. The van der Waals surface area contributed by atoms with E-state index in [2.05, 4.69) is 34.3 Å². The van der Waals surface area contributed by atoms with Crippen LogP contribution < -0.4 is 5.73 Å². The van der Waals surface area contributed by atoms with Crippen LogP contribution in [0.2, 0.25) is 0 Å². The van der Waals surface area contributed by atoms with Gasteiger partial charge in [-0.2, -0.15) is 5.10 Å². The first kappa shape index (κ1) is 12.4. The summed E-state index contributed by atoms with van der Waals surface area (Å²) in [6, 6.07) is 10.9. The highest BCUT2D eigenvalue weighted by Gasteiger charge is 2.19. The SMILES string of the molecule is N[C@H]1CCN(Cc2ccccc2Cn2cccn2)C1. The summed E-state index contributed by atoms with van der Waals surface area (Å²) >= 11 is 0. The molecule has 1 saturated heterocycles. The highest BCUT2D eigenvalue weighted by Crippen LogP contribution is 2.16. The summed E-state index contributed by atoms with van der Waals surface area (Å²) < 4.78 is 1.97. The Balaban J connectivity index is 1.73. The van der Waals surface area contributed by atoms with Crippen LogP contribution in [0.25, 0.3) is 0 Å². The largest absolute Gasteiger partial charge is 0.326 e. The van der Waals surface area contributed by atoms with Crippen LogP contribution in [0.1, 0.15) is 17.5 Å². The molecule has 4 nitrogen and oxygen atoms in total. The topological polar surface area (TPSA) is 47.1 Å². The van der Waals surface area contributed by atoms with Gasteiger partial charge in [-0.05, 0) is 23.6 Å². The van der Waals surface area contributed by atoms with Crippen molar-refractivity contribution in [3.8, 4) is 0 Å². The summed E-state index contributed by atoms with van der Waals surface area (Å²) in [7, 11) is 0. The summed E-state index contributed by atoms with van der Waals surface area (Å²) in [5.41, 5.74) is 8.69. The van der Waals surface area contributed by atoms with Gasteiger partial charge in [0.05, 0.1) is 6.54 Å². The fourth-order valence-electron chi connectivity index (χ4n) is 2.68. The molecule has 1 fully saturated rings. The lowest BCUT2D eigenvalue weighted by molar-refractivity contribution is 0.325. The van der Waals surface area contributed by atoms with Crippen LogP contribution in [0.15, 0.2) is 42.7 Å². The Labute approximate surface area is 113 Å². The molecule has 1 aromatic carbocycles. The maximum absolute atomic E-state index is 5.97. The van der Waals surface area contributed by atoms with Crippen molar-refractivity contribution in [3.05, 3.63) is 53.9 Å². The quantitative estimate of drug-likeness (QED) is 0.901.